The van der Waals surface area contributed by atoms with Crippen molar-refractivity contribution >= 4 is 5.82 Å². The van der Waals surface area contributed by atoms with E-state index in [4.69, 9.17) is 11.5 Å². The van der Waals surface area contributed by atoms with Crippen molar-refractivity contribution in [2.24, 2.45) is 11.5 Å². The summed E-state index contributed by atoms with van der Waals surface area (Å²) in [6.45, 7) is 1.53. The van der Waals surface area contributed by atoms with E-state index in [9.17, 15) is 0 Å². The Kier molecular flexibility index (Phi) is 2.12. The lowest BCUT2D eigenvalue weighted by Gasteiger charge is -2.15. The molecule has 2 heterocycles. The Labute approximate surface area is 76.8 Å². The summed E-state index contributed by atoms with van der Waals surface area (Å²) >= 11 is 0. The zero-order chi connectivity index (χ0) is 9.26. The number of hydrogen-bond acceptors (Lipinski definition) is 5. The van der Waals surface area contributed by atoms with Crippen LogP contribution in [0.2, 0.25) is 0 Å². The van der Waals surface area contributed by atoms with Crippen molar-refractivity contribution in [3.63, 3.8) is 0 Å². The molecule has 0 amide bonds. The molecule has 0 saturated carbocycles. The molecule has 1 saturated heterocycles. The summed E-state index contributed by atoms with van der Waals surface area (Å²) in [6.07, 6.45) is 5.05. The predicted octanol–water partition coefficient (Wildman–Crippen LogP) is -1.05. The number of rotatable bonds is 1. The highest BCUT2D eigenvalue weighted by Gasteiger charge is 2.27. The Morgan fingerprint density at radius 3 is 2.46 bits per heavy atom. The van der Waals surface area contributed by atoms with Crippen LogP contribution in [0.4, 0.5) is 5.82 Å². The van der Waals surface area contributed by atoms with Gasteiger partial charge in [-0.25, -0.2) is 4.98 Å². The van der Waals surface area contributed by atoms with Gasteiger partial charge in [-0.1, -0.05) is 0 Å². The molecule has 0 bridgehead atoms. The monoisotopic (exact) mass is 179 g/mol. The van der Waals surface area contributed by atoms with E-state index in [2.05, 4.69) is 14.9 Å². The van der Waals surface area contributed by atoms with Gasteiger partial charge in [0.2, 0.25) is 0 Å². The lowest BCUT2D eigenvalue weighted by Crippen LogP contribution is -2.39. The fraction of sp³-hybridized carbons (Fsp3) is 0.500. The van der Waals surface area contributed by atoms with Crippen molar-refractivity contribution in [3.8, 4) is 0 Å². The molecule has 13 heavy (non-hydrogen) atoms. The normalized spacial score (nSPS) is 28.0. The van der Waals surface area contributed by atoms with Gasteiger partial charge in [-0.2, -0.15) is 0 Å². The summed E-state index contributed by atoms with van der Waals surface area (Å²) in [5.74, 6) is 0.853. The largest absolute Gasteiger partial charge is 0.352 e. The second-order valence-corrected chi connectivity index (χ2v) is 3.30. The van der Waals surface area contributed by atoms with Crippen LogP contribution in [-0.4, -0.2) is 35.1 Å². The Morgan fingerprint density at radius 2 is 1.92 bits per heavy atom. The SMILES string of the molecule is N[C@@H]1CN(c2cnccn2)C[C@@H]1N. The van der Waals surface area contributed by atoms with Gasteiger partial charge < -0.3 is 16.4 Å². The highest BCUT2D eigenvalue weighted by molar-refractivity contribution is 5.38. The Morgan fingerprint density at radius 1 is 1.23 bits per heavy atom. The Balaban J connectivity index is 2.12. The molecule has 1 aromatic heterocycles. The number of aromatic nitrogens is 2. The van der Waals surface area contributed by atoms with Crippen molar-refractivity contribution in [2.45, 2.75) is 12.1 Å². The molecule has 1 aliphatic heterocycles. The van der Waals surface area contributed by atoms with E-state index in [0.29, 0.717) is 0 Å². The lowest BCUT2D eigenvalue weighted by molar-refractivity contribution is 0.642. The van der Waals surface area contributed by atoms with Crippen LogP contribution in [0, 0.1) is 0 Å². The molecule has 1 fully saturated rings. The molecular formula is C8H13N5. The average Bonchev–Trinajstić information content (AvgIpc) is 2.49. The topological polar surface area (TPSA) is 81.1 Å². The number of anilines is 1. The van der Waals surface area contributed by atoms with Gasteiger partial charge >= 0.3 is 0 Å². The van der Waals surface area contributed by atoms with E-state index in [1.54, 1.807) is 18.6 Å². The maximum Gasteiger partial charge on any atom is 0.147 e. The fourth-order valence-corrected chi connectivity index (χ4v) is 1.50. The van der Waals surface area contributed by atoms with E-state index in [1.807, 2.05) is 0 Å². The van der Waals surface area contributed by atoms with E-state index >= 15 is 0 Å². The smallest absolute Gasteiger partial charge is 0.147 e. The molecule has 2 rings (SSSR count). The van der Waals surface area contributed by atoms with Crippen LogP contribution in [0.1, 0.15) is 0 Å². The minimum atomic E-state index is 0.0435. The molecule has 1 aliphatic rings. The number of nitrogens with zero attached hydrogens (tertiary/aromatic N) is 3. The highest BCUT2D eigenvalue weighted by atomic mass is 15.2. The standard InChI is InChI=1S/C8H13N5/c9-6-4-13(5-7(6)10)8-3-11-1-2-12-8/h1-3,6-7H,4-5,9-10H2/t6-,7+. The average molecular weight is 179 g/mol. The van der Waals surface area contributed by atoms with Crippen molar-refractivity contribution in [2.75, 3.05) is 18.0 Å². The van der Waals surface area contributed by atoms with Crippen molar-refractivity contribution < 1.29 is 0 Å². The summed E-state index contributed by atoms with van der Waals surface area (Å²) in [7, 11) is 0. The Bertz CT molecular complexity index is 265. The van der Waals surface area contributed by atoms with Crippen molar-refractivity contribution in [1.82, 2.24) is 9.97 Å². The molecule has 1 aromatic rings. The van der Waals surface area contributed by atoms with Crippen LogP contribution in [-0.2, 0) is 0 Å². The summed E-state index contributed by atoms with van der Waals surface area (Å²) in [4.78, 5) is 10.2. The maximum absolute atomic E-state index is 5.79. The quantitative estimate of drug-likeness (QED) is 0.575. The van der Waals surface area contributed by atoms with Gasteiger partial charge in [0.05, 0.1) is 6.20 Å². The van der Waals surface area contributed by atoms with Crippen molar-refractivity contribution in [1.29, 1.82) is 0 Å². The molecule has 5 nitrogen and oxygen atoms in total. The first-order valence-corrected chi connectivity index (χ1v) is 4.29. The minimum absolute atomic E-state index is 0.0435. The van der Waals surface area contributed by atoms with E-state index in [1.165, 1.54) is 0 Å². The summed E-state index contributed by atoms with van der Waals surface area (Å²) in [6, 6.07) is 0.0870. The molecular weight excluding hydrogens is 166 g/mol. The second kappa shape index (κ2) is 3.27. The molecule has 2 atom stereocenters. The predicted molar refractivity (Wildman–Crippen MR) is 50.2 cm³/mol. The van der Waals surface area contributed by atoms with Crippen LogP contribution in [0.5, 0.6) is 0 Å². The molecule has 70 valence electrons. The molecule has 4 N–H and O–H groups in total. The highest BCUT2D eigenvalue weighted by Crippen LogP contribution is 2.14. The lowest BCUT2D eigenvalue weighted by atomic mass is 10.2. The summed E-state index contributed by atoms with van der Waals surface area (Å²) in [5, 5.41) is 0. The first-order valence-electron chi connectivity index (χ1n) is 4.29. The summed E-state index contributed by atoms with van der Waals surface area (Å²) < 4.78 is 0. The Hall–Kier alpha value is -1.20. The van der Waals surface area contributed by atoms with Gasteiger partial charge in [0.25, 0.3) is 0 Å². The molecule has 0 spiro atoms. The third-order valence-corrected chi connectivity index (χ3v) is 2.29. The first-order chi connectivity index (χ1) is 6.27. The van der Waals surface area contributed by atoms with Crippen LogP contribution >= 0.6 is 0 Å². The zero-order valence-electron chi connectivity index (χ0n) is 7.30. The summed E-state index contributed by atoms with van der Waals surface area (Å²) in [5.41, 5.74) is 11.6. The molecule has 0 unspecified atom stereocenters. The number of hydrogen-bond donors (Lipinski definition) is 2. The zero-order valence-corrected chi connectivity index (χ0v) is 7.30. The maximum atomic E-state index is 5.79. The van der Waals surface area contributed by atoms with Gasteiger partial charge in [0.15, 0.2) is 0 Å². The molecule has 0 radical (unpaired) electrons. The number of nitrogens with two attached hydrogens (primary N) is 2. The molecule has 0 aromatic carbocycles. The van der Waals surface area contributed by atoms with Crippen LogP contribution in [0.25, 0.3) is 0 Å². The van der Waals surface area contributed by atoms with Gasteiger partial charge in [0, 0.05) is 37.6 Å². The van der Waals surface area contributed by atoms with Gasteiger partial charge in [-0.05, 0) is 0 Å². The third-order valence-electron chi connectivity index (χ3n) is 2.29. The van der Waals surface area contributed by atoms with E-state index in [-0.39, 0.29) is 12.1 Å². The van der Waals surface area contributed by atoms with Gasteiger partial charge in [0.1, 0.15) is 5.82 Å². The van der Waals surface area contributed by atoms with Gasteiger partial charge in [-0.3, -0.25) is 4.98 Å². The molecule has 0 aliphatic carbocycles. The second-order valence-electron chi connectivity index (χ2n) is 3.30. The van der Waals surface area contributed by atoms with Crippen LogP contribution in [0.15, 0.2) is 18.6 Å². The van der Waals surface area contributed by atoms with Crippen LogP contribution < -0.4 is 16.4 Å². The van der Waals surface area contributed by atoms with E-state index < -0.39 is 0 Å². The van der Waals surface area contributed by atoms with Crippen LogP contribution in [0.3, 0.4) is 0 Å². The van der Waals surface area contributed by atoms with E-state index in [0.717, 1.165) is 18.9 Å². The first kappa shape index (κ1) is 8.40. The third kappa shape index (κ3) is 1.61. The van der Waals surface area contributed by atoms with Gasteiger partial charge in [-0.15, -0.1) is 0 Å². The minimum Gasteiger partial charge on any atom is -0.352 e. The fourth-order valence-electron chi connectivity index (χ4n) is 1.50. The molecule has 5 heteroatoms. The van der Waals surface area contributed by atoms with Crippen molar-refractivity contribution in [3.05, 3.63) is 18.6 Å².